The van der Waals surface area contributed by atoms with Gasteiger partial charge in [0.25, 0.3) is 5.56 Å². The standard InChI is InChI=1S/C22H21FN4O3/c1-29-13-18-20(14-4-6-15(23)7-5-14)21-24-11-17-19(27(21)25-18)8-9-26(22(17)28)12-16-3-2-10-30-16/h4-9,11,16H,2-3,10,12-13H2,1H3/t16-/m1/s1. The van der Waals surface area contributed by atoms with Gasteiger partial charge < -0.3 is 14.0 Å². The number of benzene rings is 1. The Morgan fingerprint density at radius 1 is 1.27 bits per heavy atom. The van der Waals surface area contributed by atoms with Gasteiger partial charge in [0.2, 0.25) is 0 Å². The topological polar surface area (TPSA) is 70.7 Å². The molecule has 0 amide bonds. The molecule has 3 aromatic heterocycles. The molecule has 4 aromatic rings. The molecule has 8 heteroatoms. The lowest BCUT2D eigenvalue weighted by Crippen LogP contribution is -2.26. The first-order valence-corrected chi connectivity index (χ1v) is 9.92. The van der Waals surface area contributed by atoms with Crippen LogP contribution in [0.2, 0.25) is 0 Å². The average molecular weight is 408 g/mol. The fourth-order valence-corrected chi connectivity index (χ4v) is 4.06. The van der Waals surface area contributed by atoms with Gasteiger partial charge in [-0.05, 0) is 36.6 Å². The second-order valence-electron chi connectivity index (χ2n) is 7.46. The molecule has 0 radical (unpaired) electrons. The highest BCUT2D eigenvalue weighted by Gasteiger charge is 2.20. The smallest absolute Gasteiger partial charge is 0.261 e. The van der Waals surface area contributed by atoms with Gasteiger partial charge in [-0.2, -0.15) is 5.10 Å². The maximum absolute atomic E-state index is 13.4. The van der Waals surface area contributed by atoms with Gasteiger partial charge in [0.1, 0.15) is 5.82 Å². The van der Waals surface area contributed by atoms with Gasteiger partial charge in [0, 0.05) is 26.1 Å². The number of pyridine rings is 1. The van der Waals surface area contributed by atoms with Crippen LogP contribution in [0.5, 0.6) is 0 Å². The third-order valence-electron chi connectivity index (χ3n) is 5.50. The highest BCUT2D eigenvalue weighted by atomic mass is 19.1. The number of halogens is 1. The van der Waals surface area contributed by atoms with Crippen LogP contribution in [-0.2, 0) is 22.6 Å². The summed E-state index contributed by atoms with van der Waals surface area (Å²) in [7, 11) is 1.59. The summed E-state index contributed by atoms with van der Waals surface area (Å²) < 4.78 is 27.7. The summed E-state index contributed by atoms with van der Waals surface area (Å²) in [6.07, 6.45) is 5.42. The Morgan fingerprint density at radius 3 is 2.83 bits per heavy atom. The van der Waals surface area contributed by atoms with E-state index in [9.17, 15) is 9.18 Å². The molecule has 1 atom stereocenters. The maximum Gasteiger partial charge on any atom is 0.261 e. The fraction of sp³-hybridized carbons (Fsp3) is 0.318. The average Bonchev–Trinajstić information content (AvgIpc) is 3.39. The van der Waals surface area contributed by atoms with Gasteiger partial charge in [0.15, 0.2) is 5.65 Å². The van der Waals surface area contributed by atoms with Crippen molar-refractivity contribution < 1.29 is 13.9 Å². The molecule has 4 heterocycles. The minimum Gasteiger partial charge on any atom is -0.378 e. The van der Waals surface area contributed by atoms with E-state index in [-0.39, 0.29) is 24.1 Å². The summed E-state index contributed by atoms with van der Waals surface area (Å²) >= 11 is 0. The minimum atomic E-state index is -0.311. The van der Waals surface area contributed by atoms with Gasteiger partial charge in [-0.3, -0.25) is 4.79 Å². The second-order valence-corrected chi connectivity index (χ2v) is 7.46. The molecule has 30 heavy (non-hydrogen) atoms. The summed E-state index contributed by atoms with van der Waals surface area (Å²) in [5.41, 5.74) is 3.37. The molecule has 1 fully saturated rings. The molecule has 0 N–H and O–H groups in total. The van der Waals surface area contributed by atoms with Gasteiger partial charge in [-0.15, -0.1) is 0 Å². The van der Waals surface area contributed by atoms with E-state index in [4.69, 9.17) is 9.47 Å². The Morgan fingerprint density at radius 2 is 2.10 bits per heavy atom. The first kappa shape index (κ1) is 18.9. The van der Waals surface area contributed by atoms with Crippen LogP contribution in [0.1, 0.15) is 18.5 Å². The number of methoxy groups -OCH3 is 1. The molecule has 0 bridgehead atoms. The van der Waals surface area contributed by atoms with Crippen LogP contribution >= 0.6 is 0 Å². The normalized spacial score (nSPS) is 16.7. The quantitative estimate of drug-likeness (QED) is 0.507. The molecule has 0 spiro atoms. The summed E-state index contributed by atoms with van der Waals surface area (Å²) in [5.74, 6) is -0.311. The molecule has 1 aliphatic rings. The first-order valence-electron chi connectivity index (χ1n) is 9.92. The number of nitrogens with zero attached hydrogens (tertiary/aromatic N) is 4. The van der Waals surface area contributed by atoms with Gasteiger partial charge in [-0.25, -0.2) is 13.9 Å². The molecular weight excluding hydrogens is 387 g/mol. The number of hydrogen-bond acceptors (Lipinski definition) is 5. The zero-order valence-electron chi connectivity index (χ0n) is 16.5. The van der Waals surface area contributed by atoms with E-state index in [0.717, 1.165) is 30.6 Å². The van der Waals surface area contributed by atoms with Crippen molar-refractivity contribution >= 4 is 16.6 Å². The Labute approximate surface area is 171 Å². The predicted octanol–water partition coefficient (Wildman–Crippen LogP) is 3.18. The lowest BCUT2D eigenvalue weighted by atomic mass is 10.1. The van der Waals surface area contributed by atoms with E-state index in [1.54, 1.807) is 40.7 Å². The van der Waals surface area contributed by atoms with Crippen molar-refractivity contribution in [3.05, 3.63) is 64.6 Å². The zero-order valence-corrected chi connectivity index (χ0v) is 16.5. The van der Waals surface area contributed by atoms with Crippen molar-refractivity contribution in [1.82, 2.24) is 19.2 Å². The van der Waals surface area contributed by atoms with Crippen LogP contribution in [0.15, 0.2) is 47.5 Å². The highest BCUT2D eigenvalue weighted by Crippen LogP contribution is 2.29. The van der Waals surface area contributed by atoms with Crippen LogP contribution in [0, 0.1) is 5.82 Å². The number of aromatic nitrogens is 4. The number of hydrogen-bond donors (Lipinski definition) is 0. The molecule has 1 aliphatic heterocycles. The van der Waals surface area contributed by atoms with Crippen molar-refractivity contribution in [1.29, 1.82) is 0 Å². The molecule has 7 nitrogen and oxygen atoms in total. The minimum absolute atomic E-state index is 0.0694. The third kappa shape index (κ3) is 3.18. The molecule has 5 rings (SSSR count). The third-order valence-corrected chi connectivity index (χ3v) is 5.50. The van der Waals surface area contributed by atoms with Gasteiger partial charge in [-0.1, -0.05) is 12.1 Å². The van der Waals surface area contributed by atoms with Crippen LogP contribution in [0.4, 0.5) is 4.39 Å². The summed E-state index contributed by atoms with van der Waals surface area (Å²) in [6.45, 7) is 1.55. The molecule has 154 valence electrons. The number of fused-ring (bicyclic) bond motifs is 3. The summed E-state index contributed by atoms with van der Waals surface area (Å²) in [4.78, 5) is 17.6. The van der Waals surface area contributed by atoms with Gasteiger partial charge >= 0.3 is 0 Å². The number of ether oxygens (including phenoxy) is 2. The second kappa shape index (κ2) is 7.62. The number of rotatable bonds is 5. The van der Waals surface area contributed by atoms with Crippen molar-refractivity contribution in [2.45, 2.75) is 32.1 Å². The van der Waals surface area contributed by atoms with Crippen LogP contribution in [0.3, 0.4) is 0 Å². The molecular formula is C22H21FN4O3. The molecule has 0 unspecified atom stereocenters. The van der Waals surface area contributed by atoms with Crippen molar-refractivity contribution in [3.63, 3.8) is 0 Å². The van der Waals surface area contributed by atoms with Crippen molar-refractivity contribution in [2.24, 2.45) is 0 Å². The predicted molar refractivity (Wildman–Crippen MR) is 110 cm³/mol. The summed E-state index contributed by atoms with van der Waals surface area (Å²) in [5, 5.41) is 5.15. The molecule has 0 aliphatic carbocycles. The Hall–Kier alpha value is -3.10. The lowest BCUT2D eigenvalue weighted by Gasteiger charge is -2.12. The van der Waals surface area contributed by atoms with E-state index in [2.05, 4.69) is 10.1 Å². The van der Waals surface area contributed by atoms with Crippen LogP contribution < -0.4 is 5.56 Å². The molecule has 1 aromatic carbocycles. The zero-order chi connectivity index (χ0) is 20.7. The van der Waals surface area contributed by atoms with Gasteiger partial charge in [0.05, 0.1) is 41.4 Å². The monoisotopic (exact) mass is 408 g/mol. The van der Waals surface area contributed by atoms with E-state index < -0.39 is 0 Å². The highest BCUT2D eigenvalue weighted by molar-refractivity contribution is 5.86. The van der Waals surface area contributed by atoms with E-state index in [1.807, 2.05) is 6.07 Å². The Balaban J connectivity index is 1.68. The van der Waals surface area contributed by atoms with E-state index in [1.165, 1.54) is 12.1 Å². The van der Waals surface area contributed by atoms with Crippen molar-refractivity contribution in [3.8, 4) is 11.1 Å². The van der Waals surface area contributed by atoms with E-state index in [0.29, 0.717) is 28.8 Å². The van der Waals surface area contributed by atoms with Crippen molar-refractivity contribution in [2.75, 3.05) is 13.7 Å². The lowest BCUT2D eigenvalue weighted by molar-refractivity contribution is 0.0963. The Kier molecular flexibility index (Phi) is 4.80. The molecule has 1 saturated heterocycles. The maximum atomic E-state index is 13.4. The SMILES string of the molecule is COCc1nn2c(ncc3c(=O)n(C[C@H]4CCCO4)ccc32)c1-c1ccc(F)cc1. The first-order chi connectivity index (χ1) is 14.7. The van der Waals surface area contributed by atoms with Crippen LogP contribution in [-0.4, -0.2) is 39.0 Å². The molecule has 0 saturated carbocycles. The Bertz CT molecular complexity index is 1270. The fourth-order valence-electron chi connectivity index (χ4n) is 4.06. The largest absolute Gasteiger partial charge is 0.378 e. The van der Waals surface area contributed by atoms with Crippen LogP contribution in [0.25, 0.3) is 27.7 Å². The van der Waals surface area contributed by atoms with E-state index >= 15 is 0 Å². The summed E-state index contributed by atoms with van der Waals surface area (Å²) in [6, 6.07) is 8.06.